The van der Waals surface area contributed by atoms with Crippen molar-refractivity contribution in [2.45, 2.75) is 52.0 Å². The van der Waals surface area contributed by atoms with E-state index in [-0.39, 0.29) is 35.8 Å². The quantitative estimate of drug-likeness (QED) is 0.426. The minimum Gasteiger partial charge on any atom is -0.508 e. The van der Waals surface area contributed by atoms with Gasteiger partial charge in [0.05, 0.1) is 43.1 Å². The summed E-state index contributed by atoms with van der Waals surface area (Å²) in [5.74, 6) is -3.69. The minimum absolute atomic E-state index is 0.0728. The molecule has 9 heteroatoms. The number of carbonyl (C=O) groups is 4. The Labute approximate surface area is 245 Å². The molecule has 6 rings (SSSR count). The van der Waals surface area contributed by atoms with Crippen LogP contribution in [0.15, 0.2) is 54.1 Å². The molecule has 0 bridgehead atoms. The number of nitrogens with zero attached hydrogens (tertiary/aromatic N) is 2. The molecule has 9 nitrogen and oxygen atoms in total. The number of phenolic OH excluding ortho intramolecular Hbond substituents is 1. The Hall–Kier alpha value is -4.14. The lowest BCUT2D eigenvalue weighted by Gasteiger charge is -2.49. The largest absolute Gasteiger partial charge is 0.508 e. The van der Waals surface area contributed by atoms with E-state index in [0.29, 0.717) is 29.2 Å². The van der Waals surface area contributed by atoms with E-state index < -0.39 is 40.5 Å². The Bertz CT molecular complexity index is 1520. The highest BCUT2D eigenvalue weighted by Gasteiger charge is 2.68. The predicted molar refractivity (Wildman–Crippen MR) is 154 cm³/mol. The number of imide groups is 2. The fourth-order valence-corrected chi connectivity index (χ4v) is 8.02. The molecule has 2 saturated heterocycles. The summed E-state index contributed by atoms with van der Waals surface area (Å²) in [6, 6.07) is 11.8. The summed E-state index contributed by atoms with van der Waals surface area (Å²) in [6.45, 7) is 7.35. The monoisotopic (exact) mass is 572 g/mol. The summed E-state index contributed by atoms with van der Waals surface area (Å²) >= 11 is 0. The van der Waals surface area contributed by atoms with Crippen molar-refractivity contribution in [2.24, 2.45) is 29.1 Å². The number of rotatable bonds is 4. The van der Waals surface area contributed by atoms with Gasteiger partial charge in [-0.05, 0) is 58.6 Å². The van der Waals surface area contributed by atoms with Crippen molar-refractivity contribution in [3.63, 3.8) is 0 Å². The number of likely N-dealkylation sites (tertiary alicyclic amines) is 1. The average molecular weight is 573 g/mol. The van der Waals surface area contributed by atoms with E-state index in [0.717, 1.165) is 5.57 Å². The number of phenols is 1. The maximum Gasteiger partial charge on any atom is 0.241 e. The van der Waals surface area contributed by atoms with E-state index in [2.05, 4.69) is 0 Å². The molecule has 220 valence electrons. The van der Waals surface area contributed by atoms with E-state index in [1.54, 1.807) is 24.3 Å². The number of para-hydroxylation sites is 1. The van der Waals surface area contributed by atoms with Gasteiger partial charge in [-0.3, -0.25) is 24.1 Å². The van der Waals surface area contributed by atoms with Crippen LogP contribution in [0.1, 0.15) is 52.0 Å². The third-order valence-corrected chi connectivity index (χ3v) is 9.78. The van der Waals surface area contributed by atoms with E-state index in [4.69, 9.17) is 9.47 Å². The van der Waals surface area contributed by atoms with Gasteiger partial charge in [-0.1, -0.05) is 29.8 Å². The predicted octanol–water partition coefficient (Wildman–Crippen LogP) is 4.44. The SMILES string of the molecule is COc1cc(O)cc(OC)c1[C@H]1C2=CC[C@@H]3C(=O)N(C(C)(C)C)C(=O)[C@@H]3[C@@H]2C[C@H]2C(=O)N(c3ccccc3)C(=O)[C@@]12C. The summed E-state index contributed by atoms with van der Waals surface area (Å²) in [4.78, 5) is 59.0. The molecule has 6 atom stereocenters. The summed E-state index contributed by atoms with van der Waals surface area (Å²) in [7, 11) is 2.95. The molecule has 2 aliphatic carbocycles. The fourth-order valence-electron chi connectivity index (χ4n) is 8.02. The second kappa shape index (κ2) is 9.44. The van der Waals surface area contributed by atoms with Crippen LogP contribution in [-0.2, 0) is 19.2 Å². The Morgan fingerprint density at radius 3 is 2.10 bits per heavy atom. The lowest BCUT2D eigenvalue weighted by Crippen LogP contribution is -2.49. The van der Waals surface area contributed by atoms with E-state index in [9.17, 15) is 24.3 Å². The van der Waals surface area contributed by atoms with Crippen molar-refractivity contribution in [1.82, 2.24) is 4.90 Å². The molecule has 2 aromatic carbocycles. The van der Waals surface area contributed by atoms with Crippen LogP contribution in [0.2, 0.25) is 0 Å². The molecular weight excluding hydrogens is 536 g/mol. The topological polar surface area (TPSA) is 113 Å². The Kier molecular flexibility index (Phi) is 6.29. The number of methoxy groups -OCH3 is 2. The van der Waals surface area contributed by atoms with Gasteiger partial charge < -0.3 is 14.6 Å². The summed E-state index contributed by atoms with van der Waals surface area (Å²) in [5, 5.41) is 10.4. The first-order chi connectivity index (χ1) is 19.9. The standard InChI is InChI=1S/C33H36N2O7/c1-32(2,3)35-28(37)20-13-12-19-21(25(20)30(35)39)16-22-29(38)34(17-10-8-7-9-11-17)31(40)33(22,4)27(19)26-23(41-5)14-18(36)15-24(26)42-6/h7-12,14-15,20-22,25,27,36H,13,16H2,1-6H3/t20-,21+,22-,25-,27+,33+/m0/s1. The molecule has 4 aliphatic rings. The van der Waals surface area contributed by atoms with Crippen LogP contribution in [0.25, 0.3) is 0 Å². The molecule has 4 amide bonds. The molecule has 2 aromatic rings. The molecular formula is C33H36N2O7. The van der Waals surface area contributed by atoms with Crippen molar-refractivity contribution in [1.29, 1.82) is 0 Å². The van der Waals surface area contributed by atoms with Gasteiger partial charge in [0, 0.05) is 29.2 Å². The van der Waals surface area contributed by atoms with Crippen LogP contribution in [0.3, 0.4) is 0 Å². The van der Waals surface area contributed by atoms with Gasteiger partial charge in [-0.2, -0.15) is 0 Å². The van der Waals surface area contributed by atoms with Crippen LogP contribution in [0.4, 0.5) is 5.69 Å². The first-order valence-corrected chi connectivity index (χ1v) is 14.3. The smallest absolute Gasteiger partial charge is 0.241 e. The fraction of sp³-hybridized carbons (Fsp3) is 0.455. The molecule has 1 N–H and O–H groups in total. The zero-order valence-electron chi connectivity index (χ0n) is 24.7. The number of anilines is 1. The normalized spacial score (nSPS) is 30.6. The van der Waals surface area contributed by atoms with Gasteiger partial charge >= 0.3 is 0 Å². The highest BCUT2D eigenvalue weighted by Crippen LogP contribution is 2.65. The van der Waals surface area contributed by atoms with Gasteiger partial charge in [0.2, 0.25) is 23.6 Å². The van der Waals surface area contributed by atoms with E-state index in [1.165, 1.54) is 36.2 Å². The number of hydrogen-bond acceptors (Lipinski definition) is 7. The van der Waals surface area contributed by atoms with Gasteiger partial charge in [0.25, 0.3) is 0 Å². The van der Waals surface area contributed by atoms with E-state index >= 15 is 0 Å². The second-order valence-corrected chi connectivity index (χ2v) is 12.9. The summed E-state index contributed by atoms with van der Waals surface area (Å²) in [5.41, 5.74) is -0.117. The van der Waals surface area contributed by atoms with Gasteiger partial charge in [0.15, 0.2) is 0 Å². The maximum atomic E-state index is 14.5. The van der Waals surface area contributed by atoms with Gasteiger partial charge in [0.1, 0.15) is 17.2 Å². The maximum absolute atomic E-state index is 14.5. The van der Waals surface area contributed by atoms with Gasteiger partial charge in [-0.15, -0.1) is 0 Å². The number of allylic oxidation sites excluding steroid dienone is 2. The van der Waals surface area contributed by atoms with Crippen LogP contribution in [0, 0.1) is 29.1 Å². The van der Waals surface area contributed by atoms with Crippen molar-refractivity contribution < 1.29 is 33.8 Å². The van der Waals surface area contributed by atoms with Gasteiger partial charge in [-0.25, -0.2) is 4.90 Å². The zero-order valence-corrected chi connectivity index (χ0v) is 24.7. The molecule has 0 spiro atoms. The number of carbonyl (C=O) groups excluding carboxylic acids is 4. The van der Waals surface area contributed by atoms with Crippen LogP contribution in [0.5, 0.6) is 17.2 Å². The number of amides is 4. The van der Waals surface area contributed by atoms with Crippen LogP contribution in [-0.4, -0.2) is 53.4 Å². The van der Waals surface area contributed by atoms with Crippen LogP contribution < -0.4 is 14.4 Å². The molecule has 0 radical (unpaired) electrons. The van der Waals surface area contributed by atoms with E-state index in [1.807, 2.05) is 39.8 Å². The highest BCUT2D eigenvalue weighted by molar-refractivity contribution is 6.24. The molecule has 3 fully saturated rings. The van der Waals surface area contributed by atoms with Crippen molar-refractivity contribution in [2.75, 3.05) is 19.1 Å². The molecule has 0 aromatic heterocycles. The number of aromatic hydroxyl groups is 1. The molecule has 2 aliphatic heterocycles. The highest BCUT2D eigenvalue weighted by atomic mass is 16.5. The summed E-state index contributed by atoms with van der Waals surface area (Å²) < 4.78 is 11.5. The lowest BCUT2D eigenvalue weighted by atomic mass is 9.51. The molecule has 42 heavy (non-hydrogen) atoms. The Morgan fingerprint density at radius 1 is 0.905 bits per heavy atom. The number of fused-ring (bicyclic) bond motifs is 4. The van der Waals surface area contributed by atoms with Crippen LogP contribution >= 0.6 is 0 Å². The summed E-state index contributed by atoms with van der Waals surface area (Å²) in [6.07, 6.45) is 2.59. The molecule has 1 saturated carbocycles. The average Bonchev–Trinajstić information content (AvgIpc) is 3.33. The number of ether oxygens (including phenoxy) is 2. The first-order valence-electron chi connectivity index (χ1n) is 14.3. The molecule has 0 unspecified atom stereocenters. The van der Waals surface area contributed by atoms with Crippen molar-refractivity contribution in [3.05, 3.63) is 59.7 Å². The minimum atomic E-state index is -1.25. The van der Waals surface area contributed by atoms with Crippen molar-refractivity contribution in [3.8, 4) is 17.2 Å². The lowest BCUT2D eigenvalue weighted by molar-refractivity contribution is -0.145. The second-order valence-electron chi connectivity index (χ2n) is 12.9. The number of hydrogen-bond donors (Lipinski definition) is 1. The third-order valence-electron chi connectivity index (χ3n) is 9.78. The third kappa shape index (κ3) is 3.68. The number of benzene rings is 2. The Morgan fingerprint density at radius 2 is 1.52 bits per heavy atom. The zero-order chi connectivity index (χ0) is 30.3. The molecule has 2 heterocycles. The first kappa shape index (κ1) is 28.0. The Balaban J connectivity index is 1.59. The van der Waals surface area contributed by atoms with Crippen molar-refractivity contribution >= 4 is 29.3 Å².